The summed E-state index contributed by atoms with van der Waals surface area (Å²) >= 11 is 1.93. The molecule has 0 aromatic heterocycles. The molecule has 0 heterocycles. The van der Waals surface area contributed by atoms with Crippen molar-refractivity contribution in [3.8, 4) is 0 Å². The lowest BCUT2D eigenvalue weighted by Gasteiger charge is -2.22. The molecule has 0 bridgehead atoms. The Morgan fingerprint density at radius 1 is 1.24 bits per heavy atom. The number of benzene rings is 1. The number of nitrogens with one attached hydrogen (secondary N) is 1. The molecule has 0 fully saturated rings. The van der Waals surface area contributed by atoms with Crippen LogP contribution in [0, 0.1) is 0 Å². The molecule has 1 rings (SSSR count). The average Bonchev–Trinajstić information content (AvgIpc) is 2.36. The first-order valence-corrected chi connectivity index (χ1v) is 7.94. The molecule has 0 saturated carbocycles. The molecule has 2 heteroatoms. The van der Waals surface area contributed by atoms with E-state index in [2.05, 4.69) is 55.8 Å². The van der Waals surface area contributed by atoms with Crippen molar-refractivity contribution in [3.05, 3.63) is 35.9 Å². The zero-order valence-corrected chi connectivity index (χ0v) is 12.1. The van der Waals surface area contributed by atoms with Crippen LogP contribution in [0.5, 0.6) is 0 Å². The van der Waals surface area contributed by atoms with Gasteiger partial charge >= 0.3 is 0 Å². The molecule has 1 aromatic carbocycles. The number of hydrogen-bond donors (Lipinski definition) is 1. The van der Waals surface area contributed by atoms with Crippen LogP contribution in [0.2, 0.25) is 0 Å². The van der Waals surface area contributed by atoms with Gasteiger partial charge < -0.3 is 5.32 Å². The Kier molecular flexibility index (Phi) is 7.38. The highest BCUT2D eigenvalue weighted by Gasteiger charge is 2.10. The van der Waals surface area contributed by atoms with Gasteiger partial charge in [-0.2, -0.15) is 11.8 Å². The van der Waals surface area contributed by atoms with Crippen molar-refractivity contribution >= 4 is 11.8 Å². The molecular formula is C15H25NS. The number of hydrogen-bond acceptors (Lipinski definition) is 2. The van der Waals surface area contributed by atoms with Crippen molar-refractivity contribution in [1.29, 1.82) is 0 Å². The summed E-state index contributed by atoms with van der Waals surface area (Å²) in [5.41, 5.74) is 1.43. The van der Waals surface area contributed by atoms with Gasteiger partial charge in [-0.15, -0.1) is 0 Å². The summed E-state index contributed by atoms with van der Waals surface area (Å²) in [7, 11) is 0. The predicted molar refractivity (Wildman–Crippen MR) is 79.8 cm³/mol. The maximum atomic E-state index is 3.74. The van der Waals surface area contributed by atoms with Crippen molar-refractivity contribution < 1.29 is 0 Å². The molecule has 1 N–H and O–H groups in total. The van der Waals surface area contributed by atoms with Crippen LogP contribution >= 0.6 is 11.8 Å². The standard InChI is InChI=1S/C15H25NS/c1-4-15(16-13(2)10-11-17-3)12-14-8-6-5-7-9-14/h5-9,13,15-16H,4,10-12H2,1-3H3. The molecule has 17 heavy (non-hydrogen) atoms. The van der Waals surface area contributed by atoms with Crippen LogP contribution in [0.15, 0.2) is 30.3 Å². The minimum Gasteiger partial charge on any atom is -0.311 e. The van der Waals surface area contributed by atoms with E-state index in [0.717, 1.165) is 6.42 Å². The number of thioether (sulfide) groups is 1. The van der Waals surface area contributed by atoms with Crippen LogP contribution < -0.4 is 5.32 Å². The Labute approximate surface area is 110 Å². The Bertz CT molecular complexity index is 286. The van der Waals surface area contributed by atoms with E-state index in [1.165, 1.54) is 24.2 Å². The maximum Gasteiger partial charge on any atom is 0.0107 e. The highest BCUT2D eigenvalue weighted by Crippen LogP contribution is 2.08. The van der Waals surface area contributed by atoms with Crippen LogP contribution in [0.4, 0.5) is 0 Å². The summed E-state index contributed by atoms with van der Waals surface area (Å²) in [5, 5.41) is 3.74. The Morgan fingerprint density at radius 3 is 2.53 bits per heavy atom. The van der Waals surface area contributed by atoms with Gasteiger partial charge in [-0.05, 0) is 43.8 Å². The highest BCUT2D eigenvalue weighted by molar-refractivity contribution is 7.98. The van der Waals surface area contributed by atoms with Crippen LogP contribution in [0.3, 0.4) is 0 Å². The van der Waals surface area contributed by atoms with Crippen molar-refractivity contribution in [1.82, 2.24) is 5.32 Å². The molecule has 2 atom stereocenters. The first-order valence-electron chi connectivity index (χ1n) is 6.55. The van der Waals surface area contributed by atoms with Gasteiger partial charge in [-0.25, -0.2) is 0 Å². The monoisotopic (exact) mass is 251 g/mol. The summed E-state index contributed by atoms with van der Waals surface area (Å²) in [6.07, 6.45) is 5.76. The van der Waals surface area contributed by atoms with E-state index in [9.17, 15) is 0 Å². The van der Waals surface area contributed by atoms with Gasteiger partial charge in [0.15, 0.2) is 0 Å². The maximum absolute atomic E-state index is 3.74. The topological polar surface area (TPSA) is 12.0 Å². The van der Waals surface area contributed by atoms with Gasteiger partial charge in [0.1, 0.15) is 0 Å². The van der Waals surface area contributed by atoms with E-state index in [1.807, 2.05) is 11.8 Å². The predicted octanol–water partition coefficient (Wildman–Crippen LogP) is 3.74. The summed E-state index contributed by atoms with van der Waals surface area (Å²) in [6, 6.07) is 12.0. The third kappa shape index (κ3) is 6.13. The summed E-state index contributed by atoms with van der Waals surface area (Å²) < 4.78 is 0. The van der Waals surface area contributed by atoms with Crippen LogP contribution in [-0.2, 0) is 6.42 Å². The second-order valence-corrected chi connectivity index (χ2v) is 5.63. The second kappa shape index (κ2) is 8.60. The van der Waals surface area contributed by atoms with E-state index in [-0.39, 0.29) is 0 Å². The molecule has 0 amide bonds. The Balaban J connectivity index is 2.38. The minimum atomic E-state index is 0.606. The molecular weight excluding hydrogens is 226 g/mol. The van der Waals surface area contributed by atoms with Crippen molar-refractivity contribution in [2.24, 2.45) is 0 Å². The molecule has 0 aliphatic carbocycles. The third-order valence-corrected chi connectivity index (χ3v) is 3.74. The first-order chi connectivity index (χ1) is 8.26. The highest BCUT2D eigenvalue weighted by atomic mass is 32.2. The lowest BCUT2D eigenvalue weighted by molar-refractivity contribution is 0.425. The van der Waals surface area contributed by atoms with Gasteiger partial charge in [-0.1, -0.05) is 37.3 Å². The Hall–Kier alpha value is -0.470. The fraction of sp³-hybridized carbons (Fsp3) is 0.600. The SMILES string of the molecule is CCC(Cc1ccccc1)NC(C)CCSC. The van der Waals surface area contributed by atoms with Gasteiger partial charge in [0.25, 0.3) is 0 Å². The van der Waals surface area contributed by atoms with Crippen LogP contribution in [-0.4, -0.2) is 24.1 Å². The van der Waals surface area contributed by atoms with Gasteiger partial charge in [0.05, 0.1) is 0 Å². The summed E-state index contributed by atoms with van der Waals surface area (Å²) in [6.45, 7) is 4.56. The minimum absolute atomic E-state index is 0.606. The molecule has 1 nitrogen and oxygen atoms in total. The van der Waals surface area contributed by atoms with Crippen molar-refractivity contribution in [2.75, 3.05) is 12.0 Å². The van der Waals surface area contributed by atoms with Gasteiger partial charge in [-0.3, -0.25) is 0 Å². The lowest BCUT2D eigenvalue weighted by Crippen LogP contribution is -2.37. The molecule has 2 unspecified atom stereocenters. The van der Waals surface area contributed by atoms with E-state index in [0.29, 0.717) is 12.1 Å². The molecule has 0 spiro atoms. The smallest absolute Gasteiger partial charge is 0.0107 e. The summed E-state index contributed by atoms with van der Waals surface area (Å²) in [4.78, 5) is 0. The Morgan fingerprint density at radius 2 is 1.94 bits per heavy atom. The molecule has 0 saturated heterocycles. The lowest BCUT2D eigenvalue weighted by atomic mass is 10.0. The van der Waals surface area contributed by atoms with Crippen molar-refractivity contribution in [2.45, 2.75) is 45.2 Å². The average molecular weight is 251 g/mol. The fourth-order valence-electron chi connectivity index (χ4n) is 2.00. The quantitative estimate of drug-likeness (QED) is 0.755. The molecule has 0 radical (unpaired) electrons. The molecule has 0 aliphatic rings. The zero-order valence-electron chi connectivity index (χ0n) is 11.3. The number of rotatable bonds is 8. The van der Waals surface area contributed by atoms with Crippen LogP contribution in [0.25, 0.3) is 0 Å². The normalized spacial score (nSPS) is 14.5. The van der Waals surface area contributed by atoms with E-state index in [4.69, 9.17) is 0 Å². The fourth-order valence-corrected chi connectivity index (χ4v) is 2.59. The van der Waals surface area contributed by atoms with Crippen LogP contribution in [0.1, 0.15) is 32.3 Å². The van der Waals surface area contributed by atoms with E-state index >= 15 is 0 Å². The van der Waals surface area contributed by atoms with Gasteiger partial charge in [0.2, 0.25) is 0 Å². The molecule has 96 valence electrons. The summed E-state index contributed by atoms with van der Waals surface area (Å²) in [5.74, 6) is 1.25. The molecule has 1 aromatic rings. The van der Waals surface area contributed by atoms with Gasteiger partial charge in [0, 0.05) is 12.1 Å². The van der Waals surface area contributed by atoms with E-state index < -0.39 is 0 Å². The zero-order chi connectivity index (χ0) is 12.5. The largest absolute Gasteiger partial charge is 0.311 e. The van der Waals surface area contributed by atoms with Crippen molar-refractivity contribution in [3.63, 3.8) is 0 Å². The second-order valence-electron chi connectivity index (χ2n) is 4.64. The first kappa shape index (κ1) is 14.6. The third-order valence-electron chi connectivity index (χ3n) is 3.09. The molecule has 0 aliphatic heterocycles. The van der Waals surface area contributed by atoms with E-state index in [1.54, 1.807) is 0 Å².